The fourth-order valence-corrected chi connectivity index (χ4v) is 4.17. The highest BCUT2D eigenvalue weighted by Crippen LogP contribution is 2.39. The van der Waals surface area contributed by atoms with Crippen LogP contribution in [-0.2, 0) is 12.8 Å². The maximum Gasteiger partial charge on any atom is 0.127 e. The van der Waals surface area contributed by atoms with Crippen molar-refractivity contribution in [1.82, 2.24) is 5.32 Å². The van der Waals surface area contributed by atoms with E-state index in [1.54, 1.807) is 0 Å². The molecule has 33 heavy (non-hydrogen) atoms. The lowest BCUT2D eigenvalue weighted by atomic mass is 10.0. The van der Waals surface area contributed by atoms with Crippen molar-refractivity contribution >= 4 is 0 Å². The van der Waals surface area contributed by atoms with Crippen molar-refractivity contribution in [3.05, 3.63) is 65.2 Å². The van der Waals surface area contributed by atoms with Crippen molar-refractivity contribution in [2.75, 3.05) is 13.1 Å². The third-order valence-corrected chi connectivity index (χ3v) is 6.05. The molecule has 1 heterocycles. The van der Waals surface area contributed by atoms with Crippen molar-refractivity contribution < 1.29 is 4.74 Å². The molecule has 0 aromatic heterocycles. The van der Waals surface area contributed by atoms with Gasteiger partial charge in [0.25, 0.3) is 0 Å². The molecule has 2 heteroatoms. The minimum atomic E-state index is 0.197. The van der Waals surface area contributed by atoms with Crippen LogP contribution >= 0.6 is 0 Å². The molecule has 1 unspecified atom stereocenters. The average molecular weight is 454 g/mol. The fraction of sp³-hybridized carbons (Fsp3) is 0.613. The monoisotopic (exact) mass is 453 g/mol. The lowest BCUT2D eigenvalue weighted by molar-refractivity contribution is 0.159. The van der Waals surface area contributed by atoms with Gasteiger partial charge in [-0.3, -0.25) is 0 Å². The minimum absolute atomic E-state index is 0.197. The molecule has 0 amide bonds. The molecule has 0 spiro atoms. The maximum atomic E-state index is 6.27. The number of hydrogen-bond acceptors (Lipinski definition) is 2. The molecule has 186 valence electrons. The summed E-state index contributed by atoms with van der Waals surface area (Å²) in [6.07, 6.45) is 8.99. The van der Waals surface area contributed by atoms with E-state index in [9.17, 15) is 0 Å². The Balaban J connectivity index is 0.000000377. The molecule has 4 rings (SSSR count). The number of benzene rings is 2. The number of rotatable bonds is 5. The molecule has 1 aliphatic heterocycles. The summed E-state index contributed by atoms with van der Waals surface area (Å²) in [4.78, 5) is 0. The van der Waals surface area contributed by atoms with Crippen LogP contribution in [-0.4, -0.2) is 13.1 Å². The van der Waals surface area contributed by atoms with Crippen LogP contribution in [0.2, 0.25) is 0 Å². The summed E-state index contributed by atoms with van der Waals surface area (Å²) < 4.78 is 6.27. The summed E-state index contributed by atoms with van der Waals surface area (Å²) in [6.45, 7) is 17.6. The number of nitrogens with one attached hydrogen (secondary N) is 1. The van der Waals surface area contributed by atoms with Gasteiger partial charge in [0.05, 0.1) is 0 Å². The topological polar surface area (TPSA) is 21.3 Å². The van der Waals surface area contributed by atoms with Crippen LogP contribution < -0.4 is 10.1 Å². The second-order valence-electron chi connectivity index (χ2n) is 9.31. The van der Waals surface area contributed by atoms with Crippen LogP contribution in [0, 0.1) is 11.8 Å². The Morgan fingerprint density at radius 1 is 0.879 bits per heavy atom. The van der Waals surface area contributed by atoms with Gasteiger partial charge >= 0.3 is 0 Å². The van der Waals surface area contributed by atoms with Gasteiger partial charge < -0.3 is 10.1 Å². The fourth-order valence-electron chi connectivity index (χ4n) is 4.17. The van der Waals surface area contributed by atoms with E-state index in [1.165, 1.54) is 68.3 Å². The summed E-state index contributed by atoms with van der Waals surface area (Å²) in [5.74, 6) is 2.51. The quantitative estimate of drug-likeness (QED) is 0.488. The van der Waals surface area contributed by atoms with Gasteiger partial charge in [-0.25, -0.2) is 0 Å². The Morgan fingerprint density at radius 3 is 2.03 bits per heavy atom. The average Bonchev–Trinajstić information content (AvgIpc) is 3.16. The molecule has 2 nitrogen and oxygen atoms in total. The predicted octanol–water partition coefficient (Wildman–Crippen LogP) is 8.79. The van der Waals surface area contributed by atoms with E-state index >= 15 is 0 Å². The molecule has 1 fully saturated rings. The van der Waals surface area contributed by atoms with Gasteiger partial charge in [0.1, 0.15) is 11.9 Å². The number of ether oxygens (including phenoxy) is 1. The van der Waals surface area contributed by atoms with Gasteiger partial charge in [0.2, 0.25) is 0 Å². The highest BCUT2D eigenvalue weighted by Gasteiger charge is 2.30. The van der Waals surface area contributed by atoms with Crippen LogP contribution in [0.1, 0.15) is 103 Å². The van der Waals surface area contributed by atoms with Crippen molar-refractivity contribution in [3.8, 4) is 5.75 Å². The van der Waals surface area contributed by atoms with Gasteiger partial charge in [0, 0.05) is 5.92 Å². The maximum absolute atomic E-state index is 6.27. The molecular weight excluding hydrogens is 402 g/mol. The van der Waals surface area contributed by atoms with Crippen LogP contribution in [0.5, 0.6) is 5.75 Å². The first kappa shape index (κ1) is 29.2. The summed E-state index contributed by atoms with van der Waals surface area (Å²) in [7, 11) is 0. The normalized spacial score (nSPS) is 19.0. The van der Waals surface area contributed by atoms with Gasteiger partial charge in [-0.2, -0.15) is 0 Å². The predicted molar refractivity (Wildman–Crippen MR) is 146 cm³/mol. The Labute approximate surface area is 205 Å². The Hall–Kier alpha value is -1.80. The van der Waals surface area contributed by atoms with E-state index in [-0.39, 0.29) is 6.10 Å². The van der Waals surface area contributed by atoms with Gasteiger partial charge in [-0.1, -0.05) is 97.7 Å². The molecule has 2 aromatic rings. The zero-order valence-electron chi connectivity index (χ0n) is 22.6. The van der Waals surface area contributed by atoms with E-state index in [2.05, 4.69) is 88.5 Å². The number of aryl methyl sites for hydroxylation is 1. The number of fused-ring (bicyclic) bond motifs is 1. The molecule has 2 atom stereocenters. The van der Waals surface area contributed by atoms with Crippen molar-refractivity contribution in [1.29, 1.82) is 0 Å². The first-order valence-corrected chi connectivity index (χ1v) is 13.6. The Kier molecular flexibility index (Phi) is 15.6. The van der Waals surface area contributed by atoms with E-state index in [0.717, 1.165) is 18.1 Å². The first-order valence-electron chi connectivity index (χ1n) is 13.6. The van der Waals surface area contributed by atoms with Gasteiger partial charge in [-0.15, -0.1) is 0 Å². The number of unbranched alkanes of at least 4 members (excludes halogenated alkanes) is 1. The molecule has 1 saturated heterocycles. The lowest BCUT2D eigenvalue weighted by Gasteiger charge is -2.19. The molecule has 0 radical (unpaired) electrons. The molecule has 1 aliphatic carbocycles. The Morgan fingerprint density at radius 2 is 1.48 bits per heavy atom. The highest BCUT2D eigenvalue weighted by atomic mass is 16.5. The molecule has 0 saturated carbocycles. The SMILES string of the molecule is CC.CC1CCNCC1.CCC.CCCCc1ccc(OC2c3ccccc3C[C@H]2C)cc1. The first-order chi connectivity index (χ1) is 16.1. The summed E-state index contributed by atoms with van der Waals surface area (Å²) in [6, 6.07) is 17.3. The van der Waals surface area contributed by atoms with Crippen molar-refractivity contribution in [2.24, 2.45) is 11.8 Å². The number of piperidine rings is 1. The second-order valence-corrected chi connectivity index (χ2v) is 9.31. The van der Waals surface area contributed by atoms with Crippen LogP contribution in [0.15, 0.2) is 48.5 Å². The van der Waals surface area contributed by atoms with E-state index < -0.39 is 0 Å². The van der Waals surface area contributed by atoms with Crippen LogP contribution in [0.3, 0.4) is 0 Å². The molecule has 2 aromatic carbocycles. The number of hydrogen-bond donors (Lipinski definition) is 1. The zero-order chi connectivity index (χ0) is 24.5. The standard InChI is InChI=1S/C20H24O.C6H13N.C3H8.C2H6/c1-3-4-7-16-10-12-18(13-11-16)21-20-15(2)14-17-8-5-6-9-19(17)20;1-6-2-4-7-5-3-6;1-3-2;1-2/h5-6,8-13,15,20H,3-4,7,14H2,1-2H3;6-7H,2-5H2,1H3;3H2,1-2H3;1-2H3/t15-,20?;;;/m1.../s1. The van der Waals surface area contributed by atoms with Crippen LogP contribution in [0.25, 0.3) is 0 Å². The van der Waals surface area contributed by atoms with E-state index in [1.807, 2.05) is 13.8 Å². The summed E-state index contributed by atoms with van der Waals surface area (Å²) in [5.41, 5.74) is 4.21. The van der Waals surface area contributed by atoms with E-state index in [0.29, 0.717) is 5.92 Å². The van der Waals surface area contributed by atoms with E-state index in [4.69, 9.17) is 4.74 Å². The zero-order valence-corrected chi connectivity index (χ0v) is 22.6. The highest BCUT2D eigenvalue weighted by molar-refractivity contribution is 5.36. The van der Waals surface area contributed by atoms with Gasteiger partial charge in [-0.05, 0) is 79.9 Å². The van der Waals surface area contributed by atoms with Gasteiger partial charge in [0.15, 0.2) is 0 Å². The Bertz CT molecular complexity index is 718. The third-order valence-electron chi connectivity index (χ3n) is 6.05. The van der Waals surface area contributed by atoms with Crippen molar-refractivity contribution in [2.45, 2.75) is 99.5 Å². The third kappa shape index (κ3) is 10.8. The molecular formula is C31H51NO. The van der Waals surface area contributed by atoms with Crippen molar-refractivity contribution in [3.63, 3.8) is 0 Å². The summed E-state index contributed by atoms with van der Waals surface area (Å²) in [5, 5.41) is 3.32. The largest absolute Gasteiger partial charge is 0.485 e. The second kappa shape index (κ2) is 17.6. The summed E-state index contributed by atoms with van der Waals surface area (Å²) >= 11 is 0. The minimum Gasteiger partial charge on any atom is -0.485 e. The lowest BCUT2D eigenvalue weighted by Crippen LogP contribution is -2.26. The smallest absolute Gasteiger partial charge is 0.127 e. The molecule has 2 aliphatic rings. The van der Waals surface area contributed by atoms with Crippen LogP contribution in [0.4, 0.5) is 0 Å². The molecule has 0 bridgehead atoms. The molecule has 1 N–H and O–H groups in total.